The first-order valence-electron chi connectivity index (χ1n) is 6.77. The molecule has 0 N–H and O–H groups in total. The highest BCUT2D eigenvalue weighted by atomic mass is 35.6. The van der Waals surface area contributed by atoms with Crippen molar-refractivity contribution in [3.8, 4) is 0 Å². The van der Waals surface area contributed by atoms with Crippen LogP contribution in [0.25, 0.3) is 0 Å². The molecule has 0 unspecified atom stereocenters. The van der Waals surface area contributed by atoms with Gasteiger partial charge in [0.1, 0.15) is 0 Å². The molecule has 0 aliphatic rings. The summed E-state index contributed by atoms with van der Waals surface area (Å²) >= 11 is 79.3. The van der Waals surface area contributed by atoms with Crippen molar-refractivity contribution in [3.63, 3.8) is 0 Å². The Kier molecular flexibility index (Phi) is 11.4. The van der Waals surface area contributed by atoms with Gasteiger partial charge in [-0.3, -0.25) is 0 Å². The van der Waals surface area contributed by atoms with Crippen molar-refractivity contribution in [2.75, 3.05) is 0 Å². The second-order valence-electron chi connectivity index (χ2n) is 5.31. The van der Waals surface area contributed by atoms with Crippen LogP contribution in [0.15, 0.2) is 0 Å². The molecule has 152 valence electrons. The fraction of sp³-hybridized carbons (Fsp3) is 1.00. The van der Waals surface area contributed by atoms with E-state index < -0.39 is 25.5 Å². The van der Waals surface area contributed by atoms with E-state index in [9.17, 15) is 0 Å². The fourth-order valence-electron chi connectivity index (χ4n) is 1.73. The molecule has 0 aliphatic heterocycles. The second-order valence-corrected chi connectivity index (χ2v) is 14.4. The summed E-state index contributed by atoms with van der Waals surface area (Å²) in [5.74, 6) is 0. The molecule has 0 rings (SSSR count). The first kappa shape index (κ1) is 28.8. The number of alkyl halides is 13. The highest BCUT2D eigenvalue weighted by Gasteiger charge is 2.76. The van der Waals surface area contributed by atoms with Crippen molar-refractivity contribution < 1.29 is 0 Å². The average Bonchev–Trinajstić information content (AvgIpc) is 2.41. The number of hydrogen-bond acceptors (Lipinski definition) is 0. The van der Waals surface area contributed by atoms with E-state index in [-0.39, 0.29) is 6.42 Å². The third-order valence-electron chi connectivity index (χ3n) is 3.34. The van der Waals surface area contributed by atoms with Crippen LogP contribution in [0.3, 0.4) is 0 Å². The van der Waals surface area contributed by atoms with Gasteiger partial charge in [-0.15, -0.1) is 0 Å². The van der Waals surface area contributed by atoms with Crippen molar-refractivity contribution in [3.05, 3.63) is 0 Å². The Morgan fingerprint density at radius 3 is 1.24 bits per heavy atom. The van der Waals surface area contributed by atoms with Gasteiger partial charge in [0.15, 0.2) is 17.3 Å². The zero-order valence-electron chi connectivity index (χ0n) is 12.4. The Labute approximate surface area is 213 Å². The zero-order chi connectivity index (χ0) is 20.5. The number of hydrogen-bond donors (Lipinski definition) is 0. The van der Waals surface area contributed by atoms with E-state index in [1.54, 1.807) is 0 Å². The van der Waals surface area contributed by atoms with Crippen molar-refractivity contribution in [2.45, 2.75) is 64.5 Å². The number of unbranched alkanes of at least 4 members (excludes halogenated alkanes) is 3. The maximum atomic E-state index is 6.30. The zero-order valence-corrected chi connectivity index (χ0v) is 22.3. The predicted octanol–water partition coefficient (Wildman–Crippen LogP) is 10.2. The number of halogens is 13. The lowest BCUT2D eigenvalue weighted by molar-refractivity contribution is 0.466. The van der Waals surface area contributed by atoms with Gasteiger partial charge in [0, 0.05) is 0 Å². The summed E-state index contributed by atoms with van der Waals surface area (Å²) in [6, 6.07) is 0. The maximum Gasteiger partial charge on any atom is 0.226 e. The standard InChI is InChI=1S/C12H13Cl13/c1-2-3-4-5-6-7(13,14)8(15,16)9(17,18)10(19,20)11(21,22)12(23,24)25/h2-6H2,1H3. The van der Waals surface area contributed by atoms with Crippen LogP contribution in [-0.2, 0) is 0 Å². The number of rotatable bonds is 9. The lowest BCUT2D eigenvalue weighted by Gasteiger charge is -2.50. The van der Waals surface area contributed by atoms with Crippen LogP contribution in [0.4, 0.5) is 0 Å². The van der Waals surface area contributed by atoms with Gasteiger partial charge in [-0.05, 0) is 6.42 Å². The first-order valence-corrected chi connectivity index (χ1v) is 11.7. The highest BCUT2D eigenvalue weighted by Crippen LogP contribution is 2.69. The molecule has 0 saturated heterocycles. The lowest BCUT2D eigenvalue weighted by atomic mass is 10.0. The van der Waals surface area contributed by atoms with E-state index in [1.807, 2.05) is 6.92 Å². The van der Waals surface area contributed by atoms with Gasteiger partial charge in [0.2, 0.25) is 8.13 Å². The molecule has 0 heterocycles. The van der Waals surface area contributed by atoms with E-state index in [2.05, 4.69) is 0 Å². The summed E-state index contributed by atoms with van der Waals surface area (Å²) in [6.07, 6.45) is 3.49. The van der Waals surface area contributed by atoms with Crippen molar-refractivity contribution in [2.24, 2.45) is 0 Å². The summed E-state index contributed by atoms with van der Waals surface area (Å²) < 4.78 is -14.4. The third-order valence-corrected chi connectivity index (χ3v) is 11.9. The maximum absolute atomic E-state index is 6.30. The average molecular weight is 618 g/mol. The molecule has 0 aliphatic carbocycles. The molecule has 0 nitrogen and oxygen atoms in total. The highest BCUT2D eigenvalue weighted by molar-refractivity contribution is 6.82. The van der Waals surface area contributed by atoms with Crippen LogP contribution in [0, 0.1) is 0 Å². The van der Waals surface area contributed by atoms with Crippen molar-refractivity contribution in [1.29, 1.82) is 0 Å². The molecule has 0 spiro atoms. The molecular weight excluding hydrogens is 605 g/mol. The van der Waals surface area contributed by atoms with Crippen LogP contribution in [-0.4, -0.2) is 25.5 Å². The topological polar surface area (TPSA) is 0 Å². The molecular formula is C12H13Cl13. The van der Waals surface area contributed by atoms with Crippen LogP contribution in [0.5, 0.6) is 0 Å². The summed E-state index contributed by atoms with van der Waals surface area (Å²) in [5, 5.41) is 0. The first-order chi connectivity index (χ1) is 10.8. The summed E-state index contributed by atoms with van der Waals surface area (Å²) in [6.45, 7) is 2.04. The molecule has 0 fully saturated rings. The molecule has 13 heteroatoms. The van der Waals surface area contributed by atoms with Gasteiger partial charge in [-0.1, -0.05) is 183 Å². The second kappa shape index (κ2) is 9.93. The van der Waals surface area contributed by atoms with E-state index in [4.69, 9.17) is 151 Å². The van der Waals surface area contributed by atoms with Crippen LogP contribution >= 0.6 is 151 Å². The molecule has 25 heavy (non-hydrogen) atoms. The monoisotopic (exact) mass is 612 g/mol. The third kappa shape index (κ3) is 5.93. The SMILES string of the molecule is CCCCCCC(Cl)(Cl)C(Cl)(Cl)C(Cl)(Cl)C(Cl)(Cl)C(Cl)(Cl)C(Cl)(Cl)Cl. The van der Waals surface area contributed by atoms with Gasteiger partial charge in [-0.25, -0.2) is 0 Å². The van der Waals surface area contributed by atoms with Crippen molar-refractivity contribution >= 4 is 151 Å². The van der Waals surface area contributed by atoms with Crippen LogP contribution in [0.1, 0.15) is 39.0 Å². The Hall–Kier alpha value is 3.77. The Balaban J connectivity index is 5.79. The minimum Gasteiger partial charge on any atom is -0.0982 e. The lowest BCUT2D eigenvalue weighted by Crippen LogP contribution is -2.65. The summed E-state index contributed by atoms with van der Waals surface area (Å²) in [4.78, 5) is 0. The Morgan fingerprint density at radius 2 is 0.880 bits per heavy atom. The van der Waals surface area contributed by atoms with Crippen molar-refractivity contribution in [1.82, 2.24) is 0 Å². The minimum atomic E-state index is -2.61. The molecule has 0 atom stereocenters. The molecule has 0 aromatic rings. The molecule has 0 aromatic heterocycles. The molecule has 0 bridgehead atoms. The predicted molar refractivity (Wildman–Crippen MR) is 121 cm³/mol. The summed E-state index contributed by atoms with van der Waals surface area (Å²) in [7, 11) is 0. The summed E-state index contributed by atoms with van der Waals surface area (Å²) in [5.41, 5.74) is 0. The normalized spacial score (nSPS) is 15.6. The van der Waals surface area contributed by atoms with Crippen LogP contribution < -0.4 is 0 Å². The molecule has 0 aromatic carbocycles. The van der Waals surface area contributed by atoms with Gasteiger partial charge in [-0.2, -0.15) is 0 Å². The van der Waals surface area contributed by atoms with E-state index in [1.165, 1.54) is 0 Å². The van der Waals surface area contributed by atoms with E-state index >= 15 is 0 Å². The Bertz CT molecular complexity index is 435. The van der Waals surface area contributed by atoms with Gasteiger partial charge in [0.25, 0.3) is 0 Å². The molecule has 0 radical (unpaired) electrons. The molecule has 0 saturated carbocycles. The molecule has 0 amide bonds. The van der Waals surface area contributed by atoms with Gasteiger partial charge >= 0.3 is 0 Å². The minimum absolute atomic E-state index is 0.125. The van der Waals surface area contributed by atoms with Gasteiger partial charge < -0.3 is 0 Å². The van der Waals surface area contributed by atoms with E-state index in [0.717, 1.165) is 19.3 Å². The smallest absolute Gasteiger partial charge is 0.0982 e. The van der Waals surface area contributed by atoms with E-state index in [0.29, 0.717) is 6.42 Å². The largest absolute Gasteiger partial charge is 0.226 e. The van der Waals surface area contributed by atoms with Gasteiger partial charge in [0.05, 0.1) is 0 Å². The Morgan fingerprint density at radius 1 is 0.480 bits per heavy atom. The van der Waals surface area contributed by atoms with Crippen LogP contribution in [0.2, 0.25) is 0 Å². The fourth-order valence-corrected chi connectivity index (χ4v) is 5.51. The quantitative estimate of drug-likeness (QED) is 0.178.